The molecule has 166 valence electrons. The topological polar surface area (TPSA) is 72.8 Å². The lowest BCUT2D eigenvalue weighted by Gasteiger charge is -2.46. The van der Waals surface area contributed by atoms with Crippen molar-refractivity contribution in [2.75, 3.05) is 13.1 Å². The monoisotopic (exact) mass is 458 g/mol. The highest BCUT2D eigenvalue weighted by molar-refractivity contribution is 6.30. The summed E-state index contributed by atoms with van der Waals surface area (Å²) in [7, 11) is 0. The van der Waals surface area contributed by atoms with Gasteiger partial charge in [-0.15, -0.1) is 11.8 Å². The second kappa shape index (κ2) is 10.0. The summed E-state index contributed by atoms with van der Waals surface area (Å²) in [6.07, 6.45) is 4.10. The molecule has 0 aliphatic carbocycles. The van der Waals surface area contributed by atoms with Gasteiger partial charge in [0, 0.05) is 41.5 Å². The van der Waals surface area contributed by atoms with Crippen molar-refractivity contribution in [3.05, 3.63) is 82.9 Å². The fourth-order valence-corrected chi connectivity index (χ4v) is 4.62. The molecule has 1 aliphatic heterocycles. The van der Waals surface area contributed by atoms with E-state index in [0.717, 1.165) is 16.9 Å². The maximum absolute atomic E-state index is 13.9. The van der Waals surface area contributed by atoms with Gasteiger partial charge in [-0.3, -0.25) is 4.90 Å². The number of hydrogen-bond acceptors (Lipinski definition) is 4. The second-order valence-corrected chi connectivity index (χ2v) is 8.69. The van der Waals surface area contributed by atoms with E-state index < -0.39 is 0 Å². The van der Waals surface area contributed by atoms with Gasteiger partial charge in [-0.05, 0) is 31.2 Å². The quantitative estimate of drug-likeness (QED) is 0.442. The molecule has 1 amide bonds. The van der Waals surface area contributed by atoms with Crippen LogP contribution in [0.4, 0.5) is 5.69 Å². The number of H-pyrrole nitrogens is 1. The zero-order valence-corrected chi connectivity index (χ0v) is 19.2. The molecular formula is C26H25ClN5O+. The standard InChI is InChI=1S/C26H25ClN5O/c1-2-3-6-24-18-32(25-7-4-5-22(27)12-25,17-21-10-8-20(13-28)9-11-21)26(33)16-31(24)15-23-14-29-19-30-23/h4-5,7-12,14,19,24H,6,15-18H2,1H3,(H,29,30)/q+1. The van der Waals surface area contributed by atoms with Crippen LogP contribution in [0.1, 0.15) is 30.2 Å². The van der Waals surface area contributed by atoms with Crippen molar-refractivity contribution in [1.82, 2.24) is 19.4 Å². The molecule has 6 nitrogen and oxygen atoms in total. The molecule has 2 unspecified atom stereocenters. The Labute approximate surface area is 199 Å². The number of aromatic amines is 1. The molecule has 1 fully saturated rings. The number of piperazine rings is 1. The van der Waals surface area contributed by atoms with Gasteiger partial charge < -0.3 is 4.98 Å². The number of rotatable bonds is 6. The Bertz CT molecular complexity index is 1220. The molecule has 2 atom stereocenters. The SMILES string of the molecule is CC#CCC1C[N+](Cc2ccc(C#N)cc2)(c2cccc(Cl)c2)C(=O)CN1Cc1cnc[nH]1. The molecule has 3 aromatic rings. The van der Waals surface area contributed by atoms with E-state index in [1.54, 1.807) is 24.7 Å². The number of imidazole rings is 1. The van der Waals surface area contributed by atoms with Gasteiger partial charge in [-0.2, -0.15) is 5.26 Å². The van der Waals surface area contributed by atoms with Crippen LogP contribution in [0.2, 0.25) is 5.02 Å². The summed E-state index contributed by atoms with van der Waals surface area (Å²) in [6, 6.07) is 17.2. The summed E-state index contributed by atoms with van der Waals surface area (Å²) in [4.78, 5) is 23.3. The zero-order valence-electron chi connectivity index (χ0n) is 18.5. The lowest BCUT2D eigenvalue weighted by atomic mass is 10.0. The van der Waals surface area contributed by atoms with Crippen LogP contribution in [-0.2, 0) is 17.9 Å². The first-order valence-electron chi connectivity index (χ1n) is 10.8. The normalized spacial score (nSPS) is 20.6. The average molecular weight is 459 g/mol. The van der Waals surface area contributed by atoms with Crippen LogP contribution in [0.25, 0.3) is 0 Å². The van der Waals surface area contributed by atoms with Gasteiger partial charge in [0.05, 0.1) is 24.0 Å². The predicted octanol–water partition coefficient (Wildman–Crippen LogP) is 4.27. The summed E-state index contributed by atoms with van der Waals surface area (Å²) in [5.74, 6) is 6.32. The number of carbonyl (C=O) groups excluding carboxylic acids is 1. The van der Waals surface area contributed by atoms with E-state index in [-0.39, 0.29) is 23.0 Å². The fourth-order valence-electron chi connectivity index (χ4n) is 4.44. The second-order valence-electron chi connectivity index (χ2n) is 8.26. The van der Waals surface area contributed by atoms with Crippen molar-refractivity contribution in [3.63, 3.8) is 0 Å². The number of quaternary nitrogens is 1. The minimum atomic E-state index is 0.0656. The Morgan fingerprint density at radius 2 is 2.09 bits per heavy atom. The maximum atomic E-state index is 13.9. The van der Waals surface area contributed by atoms with Crippen molar-refractivity contribution in [3.8, 4) is 17.9 Å². The van der Waals surface area contributed by atoms with Gasteiger partial charge in [0.1, 0.15) is 25.3 Å². The molecule has 0 radical (unpaired) electrons. The highest BCUT2D eigenvalue weighted by atomic mass is 35.5. The molecule has 0 bridgehead atoms. The highest BCUT2D eigenvalue weighted by Gasteiger charge is 2.48. The first kappa shape index (κ1) is 22.8. The Morgan fingerprint density at radius 1 is 1.27 bits per heavy atom. The van der Waals surface area contributed by atoms with E-state index in [1.807, 2.05) is 43.3 Å². The van der Waals surface area contributed by atoms with Gasteiger partial charge in [0.2, 0.25) is 0 Å². The third-order valence-corrected chi connectivity index (χ3v) is 6.37. The predicted molar refractivity (Wildman–Crippen MR) is 129 cm³/mol. The molecule has 1 saturated heterocycles. The number of benzene rings is 2. The summed E-state index contributed by atoms with van der Waals surface area (Å²) >= 11 is 6.36. The molecule has 1 aliphatic rings. The molecular weight excluding hydrogens is 434 g/mol. The number of hydrogen-bond donors (Lipinski definition) is 1. The Balaban J connectivity index is 1.74. The average Bonchev–Trinajstić information content (AvgIpc) is 3.33. The molecule has 7 heteroatoms. The fraction of sp³-hybridized carbons (Fsp3) is 0.269. The molecule has 2 heterocycles. The van der Waals surface area contributed by atoms with E-state index in [2.05, 4.69) is 32.8 Å². The van der Waals surface area contributed by atoms with Crippen LogP contribution in [0.3, 0.4) is 0 Å². The van der Waals surface area contributed by atoms with Gasteiger partial charge >= 0.3 is 5.91 Å². The van der Waals surface area contributed by atoms with Gasteiger partial charge in [0.25, 0.3) is 0 Å². The molecule has 1 aromatic heterocycles. The van der Waals surface area contributed by atoms with E-state index >= 15 is 0 Å². The molecule has 1 N–H and O–H groups in total. The number of nitrogens with zero attached hydrogens (tertiary/aromatic N) is 4. The third-order valence-electron chi connectivity index (χ3n) is 6.14. The van der Waals surface area contributed by atoms with E-state index in [9.17, 15) is 4.79 Å². The molecule has 0 spiro atoms. The molecule has 4 rings (SSSR count). The minimum Gasteiger partial charge on any atom is -0.347 e. The van der Waals surface area contributed by atoms with Crippen LogP contribution in [0, 0.1) is 23.2 Å². The molecule has 0 saturated carbocycles. The zero-order chi connectivity index (χ0) is 23.3. The van der Waals surface area contributed by atoms with Crippen LogP contribution in [0.5, 0.6) is 0 Å². The first-order chi connectivity index (χ1) is 16.0. The third kappa shape index (κ3) is 4.99. The summed E-state index contributed by atoms with van der Waals surface area (Å²) < 4.78 is 0.155. The largest absolute Gasteiger partial charge is 0.347 e. The van der Waals surface area contributed by atoms with Crippen molar-refractivity contribution < 1.29 is 4.79 Å². The summed E-state index contributed by atoms with van der Waals surface area (Å²) in [6.45, 7) is 3.79. The van der Waals surface area contributed by atoms with Crippen LogP contribution >= 0.6 is 11.6 Å². The van der Waals surface area contributed by atoms with E-state index in [0.29, 0.717) is 36.6 Å². The molecule has 2 aromatic carbocycles. The van der Waals surface area contributed by atoms with Crippen molar-refractivity contribution in [1.29, 1.82) is 5.26 Å². The number of nitriles is 1. The van der Waals surface area contributed by atoms with Crippen molar-refractivity contribution in [2.24, 2.45) is 0 Å². The first-order valence-corrected chi connectivity index (χ1v) is 11.2. The highest BCUT2D eigenvalue weighted by Crippen LogP contribution is 2.34. The van der Waals surface area contributed by atoms with Crippen molar-refractivity contribution in [2.45, 2.75) is 32.5 Å². The Kier molecular flexibility index (Phi) is 6.91. The van der Waals surface area contributed by atoms with Crippen LogP contribution in [-0.4, -0.2) is 39.9 Å². The Hall–Kier alpha value is -3.42. The summed E-state index contributed by atoms with van der Waals surface area (Å²) in [5, 5.41) is 9.75. The van der Waals surface area contributed by atoms with E-state index in [4.69, 9.17) is 16.9 Å². The lowest BCUT2D eigenvalue weighted by Crippen LogP contribution is -2.67. The van der Waals surface area contributed by atoms with Gasteiger partial charge in [0.15, 0.2) is 0 Å². The van der Waals surface area contributed by atoms with E-state index in [1.165, 1.54) is 0 Å². The Morgan fingerprint density at radius 3 is 2.76 bits per heavy atom. The number of carbonyl (C=O) groups is 1. The number of amides is 1. The number of nitrogens with one attached hydrogen (secondary N) is 1. The van der Waals surface area contributed by atoms with Gasteiger partial charge in [-0.1, -0.05) is 29.8 Å². The van der Waals surface area contributed by atoms with Crippen LogP contribution < -0.4 is 4.48 Å². The minimum absolute atomic E-state index is 0.0656. The van der Waals surface area contributed by atoms with Gasteiger partial charge in [-0.25, -0.2) is 14.3 Å². The number of aromatic nitrogens is 2. The smallest absolute Gasteiger partial charge is 0.333 e. The van der Waals surface area contributed by atoms with Crippen molar-refractivity contribution >= 4 is 23.2 Å². The molecule has 33 heavy (non-hydrogen) atoms. The van der Waals surface area contributed by atoms with Crippen LogP contribution in [0.15, 0.2) is 61.1 Å². The maximum Gasteiger partial charge on any atom is 0.333 e. The number of halogens is 1. The lowest BCUT2D eigenvalue weighted by molar-refractivity contribution is -0.138. The summed E-state index contributed by atoms with van der Waals surface area (Å²) in [5.41, 5.74) is 3.42.